The fraction of sp³-hybridized carbons (Fsp3) is 0.176. The molecule has 0 fully saturated rings. The van der Waals surface area contributed by atoms with Crippen molar-refractivity contribution < 1.29 is 14.3 Å². The smallest absolute Gasteiger partial charge is 0.277 e. The van der Waals surface area contributed by atoms with Gasteiger partial charge in [0.25, 0.3) is 5.91 Å². The van der Waals surface area contributed by atoms with Gasteiger partial charge in [-0.1, -0.05) is 34.1 Å². The zero-order valence-corrected chi connectivity index (χ0v) is 14.2. The van der Waals surface area contributed by atoms with Gasteiger partial charge in [-0.3, -0.25) is 4.79 Å². The van der Waals surface area contributed by atoms with Crippen molar-refractivity contribution in [2.45, 2.75) is 6.92 Å². The molecular weight excluding hydrogens is 360 g/mol. The van der Waals surface area contributed by atoms with Crippen LogP contribution in [0.3, 0.4) is 0 Å². The summed E-state index contributed by atoms with van der Waals surface area (Å²) in [5, 5.41) is 3.90. The van der Waals surface area contributed by atoms with Gasteiger partial charge < -0.3 is 9.47 Å². The molecule has 0 unspecified atom stereocenters. The van der Waals surface area contributed by atoms with E-state index < -0.39 is 0 Å². The van der Waals surface area contributed by atoms with Gasteiger partial charge in [0.05, 0.1) is 12.8 Å². The third-order valence-electron chi connectivity index (χ3n) is 2.80. The number of rotatable bonds is 7. The Morgan fingerprint density at radius 3 is 2.43 bits per heavy atom. The van der Waals surface area contributed by atoms with Crippen LogP contribution in [0.25, 0.3) is 0 Å². The van der Waals surface area contributed by atoms with Crippen LogP contribution in [0, 0.1) is 0 Å². The first-order chi connectivity index (χ1) is 11.2. The minimum absolute atomic E-state index is 0.110. The molecule has 0 aromatic heterocycles. The number of nitrogens with zero attached hydrogens (tertiary/aromatic N) is 1. The maximum Gasteiger partial charge on any atom is 0.277 e. The van der Waals surface area contributed by atoms with Gasteiger partial charge in [0.15, 0.2) is 6.61 Å². The number of carbonyl (C=O) groups is 1. The third kappa shape index (κ3) is 5.75. The summed E-state index contributed by atoms with van der Waals surface area (Å²) in [5.41, 5.74) is 3.30. The molecule has 0 aliphatic heterocycles. The molecule has 0 bridgehead atoms. The minimum Gasteiger partial charge on any atom is -0.494 e. The lowest BCUT2D eigenvalue weighted by molar-refractivity contribution is -0.123. The molecule has 0 saturated carbocycles. The third-order valence-corrected chi connectivity index (χ3v) is 3.52. The molecule has 0 radical (unpaired) electrons. The van der Waals surface area contributed by atoms with Crippen molar-refractivity contribution in [1.29, 1.82) is 0 Å². The second-order valence-corrected chi connectivity index (χ2v) is 5.36. The second-order valence-electron chi connectivity index (χ2n) is 4.51. The lowest BCUT2D eigenvalue weighted by Gasteiger charge is -2.06. The number of hydrazone groups is 1. The highest BCUT2D eigenvalue weighted by Gasteiger charge is 2.02. The van der Waals surface area contributed by atoms with Gasteiger partial charge in [0.1, 0.15) is 11.5 Å². The van der Waals surface area contributed by atoms with Crippen LogP contribution < -0.4 is 14.9 Å². The SMILES string of the molecule is CCOc1ccc(OCC(=O)N/N=C\c2ccccc2Br)cc1. The predicted molar refractivity (Wildman–Crippen MR) is 93.0 cm³/mol. The Morgan fingerprint density at radius 1 is 1.13 bits per heavy atom. The Labute approximate surface area is 143 Å². The molecule has 0 heterocycles. The van der Waals surface area contributed by atoms with Crippen LogP contribution >= 0.6 is 15.9 Å². The summed E-state index contributed by atoms with van der Waals surface area (Å²) in [5.74, 6) is 1.03. The van der Waals surface area contributed by atoms with Crippen LogP contribution in [0.1, 0.15) is 12.5 Å². The molecule has 6 heteroatoms. The Bertz CT molecular complexity index is 672. The Kier molecular flexibility index (Phi) is 6.62. The van der Waals surface area contributed by atoms with Crippen LogP contribution in [0.15, 0.2) is 58.1 Å². The summed E-state index contributed by atoms with van der Waals surface area (Å²) in [6, 6.07) is 14.7. The molecule has 0 atom stereocenters. The molecule has 2 aromatic carbocycles. The topological polar surface area (TPSA) is 59.9 Å². The number of amides is 1. The van der Waals surface area contributed by atoms with Gasteiger partial charge in [-0.25, -0.2) is 5.43 Å². The number of nitrogens with one attached hydrogen (secondary N) is 1. The summed E-state index contributed by atoms with van der Waals surface area (Å²) in [4.78, 5) is 11.7. The van der Waals surface area contributed by atoms with E-state index in [1.165, 1.54) is 0 Å². The number of hydrogen-bond acceptors (Lipinski definition) is 4. The summed E-state index contributed by atoms with van der Waals surface area (Å²) in [6.07, 6.45) is 1.57. The van der Waals surface area contributed by atoms with Gasteiger partial charge in [-0.15, -0.1) is 0 Å². The van der Waals surface area contributed by atoms with E-state index in [-0.39, 0.29) is 12.5 Å². The number of benzene rings is 2. The van der Waals surface area contributed by atoms with Crippen molar-refractivity contribution >= 4 is 28.1 Å². The number of halogens is 1. The van der Waals surface area contributed by atoms with E-state index in [0.717, 1.165) is 15.8 Å². The molecule has 1 N–H and O–H groups in total. The van der Waals surface area contributed by atoms with Gasteiger partial charge in [-0.05, 0) is 37.3 Å². The van der Waals surface area contributed by atoms with Gasteiger partial charge in [-0.2, -0.15) is 5.10 Å². The lowest BCUT2D eigenvalue weighted by atomic mass is 10.2. The van der Waals surface area contributed by atoms with E-state index in [1.54, 1.807) is 30.5 Å². The molecule has 120 valence electrons. The van der Waals surface area contributed by atoms with E-state index >= 15 is 0 Å². The van der Waals surface area contributed by atoms with E-state index in [2.05, 4.69) is 26.5 Å². The van der Waals surface area contributed by atoms with E-state index in [1.807, 2.05) is 31.2 Å². The van der Waals surface area contributed by atoms with Crippen molar-refractivity contribution in [2.75, 3.05) is 13.2 Å². The maximum absolute atomic E-state index is 11.7. The highest BCUT2D eigenvalue weighted by atomic mass is 79.9. The van der Waals surface area contributed by atoms with Crippen molar-refractivity contribution in [1.82, 2.24) is 5.43 Å². The first kappa shape index (κ1) is 17.0. The van der Waals surface area contributed by atoms with Crippen molar-refractivity contribution in [3.05, 3.63) is 58.6 Å². The summed E-state index contributed by atoms with van der Waals surface area (Å²) in [7, 11) is 0. The highest BCUT2D eigenvalue weighted by molar-refractivity contribution is 9.10. The first-order valence-corrected chi connectivity index (χ1v) is 7.90. The summed E-state index contributed by atoms with van der Waals surface area (Å²) >= 11 is 3.40. The largest absolute Gasteiger partial charge is 0.494 e. The zero-order valence-electron chi connectivity index (χ0n) is 12.7. The molecule has 0 saturated heterocycles. The fourth-order valence-electron chi connectivity index (χ4n) is 1.73. The Balaban J connectivity index is 1.78. The summed E-state index contributed by atoms with van der Waals surface area (Å²) < 4.78 is 11.6. The second kappa shape index (κ2) is 8.95. The van der Waals surface area contributed by atoms with Crippen molar-refractivity contribution in [2.24, 2.45) is 5.10 Å². The molecule has 2 rings (SSSR count). The van der Waals surface area contributed by atoms with Crippen molar-refractivity contribution in [3.8, 4) is 11.5 Å². The average molecular weight is 377 g/mol. The van der Waals surface area contributed by atoms with Crippen LogP contribution in [-0.4, -0.2) is 25.3 Å². The standard InChI is InChI=1S/C17H17BrN2O3/c1-2-22-14-7-9-15(10-8-14)23-12-17(21)20-19-11-13-5-3-4-6-16(13)18/h3-11H,2,12H2,1H3,(H,20,21)/b19-11-. The molecule has 5 nitrogen and oxygen atoms in total. The van der Waals surface area contributed by atoms with Gasteiger partial charge >= 0.3 is 0 Å². The van der Waals surface area contributed by atoms with E-state index in [4.69, 9.17) is 9.47 Å². The molecule has 0 aliphatic carbocycles. The van der Waals surface area contributed by atoms with E-state index in [9.17, 15) is 4.79 Å². The number of carbonyl (C=O) groups excluding carboxylic acids is 1. The van der Waals surface area contributed by atoms with Crippen LogP contribution in [0.2, 0.25) is 0 Å². The number of ether oxygens (including phenoxy) is 2. The molecule has 0 aliphatic rings. The maximum atomic E-state index is 11.7. The number of hydrogen-bond donors (Lipinski definition) is 1. The fourth-order valence-corrected chi connectivity index (χ4v) is 2.12. The lowest BCUT2D eigenvalue weighted by Crippen LogP contribution is -2.24. The molecule has 1 amide bonds. The minimum atomic E-state index is -0.331. The van der Waals surface area contributed by atoms with Gasteiger partial charge in [0.2, 0.25) is 0 Å². The van der Waals surface area contributed by atoms with E-state index in [0.29, 0.717) is 12.4 Å². The predicted octanol–water partition coefficient (Wildman–Crippen LogP) is 3.38. The first-order valence-electron chi connectivity index (χ1n) is 7.11. The Morgan fingerprint density at radius 2 is 1.78 bits per heavy atom. The van der Waals surface area contributed by atoms with Crippen molar-refractivity contribution in [3.63, 3.8) is 0 Å². The van der Waals surface area contributed by atoms with Crippen LogP contribution in [0.5, 0.6) is 11.5 Å². The zero-order chi connectivity index (χ0) is 16.5. The highest BCUT2D eigenvalue weighted by Crippen LogP contribution is 2.17. The monoisotopic (exact) mass is 376 g/mol. The van der Waals surface area contributed by atoms with Crippen LogP contribution in [0.4, 0.5) is 0 Å². The molecular formula is C17H17BrN2O3. The normalized spacial score (nSPS) is 10.5. The average Bonchev–Trinajstić information content (AvgIpc) is 2.56. The van der Waals surface area contributed by atoms with Gasteiger partial charge in [0, 0.05) is 10.0 Å². The quantitative estimate of drug-likeness (QED) is 0.595. The summed E-state index contributed by atoms with van der Waals surface area (Å²) in [6.45, 7) is 2.42. The molecule has 0 spiro atoms. The Hall–Kier alpha value is -2.34. The molecule has 23 heavy (non-hydrogen) atoms. The van der Waals surface area contributed by atoms with Crippen LogP contribution in [-0.2, 0) is 4.79 Å². The molecule has 2 aromatic rings.